The molecule has 3 aliphatic rings. The number of carbonyl (C=O) groups is 2. The van der Waals surface area contributed by atoms with Gasteiger partial charge in [-0.3, -0.25) is 9.59 Å². The highest BCUT2D eigenvalue weighted by Gasteiger charge is 2.42. The van der Waals surface area contributed by atoms with Crippen LogP contribution in [0.2, 0.25) is 0 Å². The Labute approximate surface area is 176 Å². The summed E-state index contributed by atoms with van der Waals surface area (Å²) < 4.78 is 12.3. The molecule has 0 bridgehead atoms. The molecule has 2 amide bonds. The number of anilines is 2. The van der Waals surface area contributed by atoms with Crippen molar-refractivity contribution in [2.75, 3.05) is 16.8 Å². The highest BCUT2D eigenvalue weighted by atomic mass is 16.7. The SMILES string of the molecule is CCC(=O)N1CCc2cc(C(=O)Nc3ccc4c(c3)OC3(CCCCC3)O4)ccc21. The van der Waals surface area contributed by atoms with Crippen molar-refractivity contribution >= 4 is 23.2 Å². The second-order valence-electron chi connectivity index (χ2n) is 8.28. The van der Waals surface area contributed by atoms with Crippen molar-refractivity contribution < 1.29 is 19.1 Å². The summed E-state index contributed by atoms with van der Waals surface area (Å²) in [5.74, 6) is 0.849. The fourth-order valence-corrected chi connectivity index (χ4v) is 4.66. The number of carbonyl (C=O) groups excluding carboxylic acids is 2. The van der Waals surface area contributed by atoms with Crippen LogP contribution in [0.3, 0.4) is 0 Å². The quantitative estimate of drug-likeness (QED) is 0.804. The minimum absolute atomic E-state index is 0.113. The van der Waals surface area contributed by atoms with Crippen LogP contribution in [0.15, 0.2) is 36.4 Å². The zero-order valence-electron chi connectivity index (χ0n) is 17.2. The predicted octanol–water partition coefficient (Wildman–Crippen LogP) is 4.67. The fourth-order valence-electron chi connectivity index (χ4n) is 4.66. The number of fused-ring (bicyclic) bond motifs is 2. The lowest BCUT2D eigenvalue weighted by Crippen LogP contribution is -2.40. The van der Waals surface area contributed by atoms with Gasteiger partial charge in [0, 0.05) is 48.8 Å². The van der Waals surface area contributed by atoms with Crippen LogP contribution in [0.4, 0.5) is 11.4 Å². The summed E-state index contributed by atoms with van der Waals surface area (Å²) in [5.41, 5.74) is 3.22. The molecule has 1 fully saturated rings. The maximum atomic E-state index is 12.8. The van der Waals surface area contributed by atoms with Gasteiger partial charge in [-0.05, 0) is 55.2 Å². The Morgan fingerprint density at radius 3 is 2.63 bits per heavy atom. The van der Waals surface area contributed by atoms with E-state index in [9.17, 15) is 9.59 Å². The molecule has 0 saturated heterocycles. The molecule has 1 N–H and O–H groups in total. The maximum Gasteiger partial charge on any atom is 0.255 e. The Hall–Kier alpha value is -3.02. The van der Waals surface area contributed by atoms with Gasteiger partial charge < -0.3 is 19.7 Å². The van der Waals surface area contributed by atoms with Crippen molar-refractivity contribution in [2.24, 2.45) is 0 Å². The van der Waals surface area contributed by atoms with Crippen molar-refractivity contribution in [1.29, 1.82) is 0 Å². The number of hydrogen-bond acceptors (Lipinski definition) is 4. The van der Waals surface area contributed by atoms with Gasteiger partial charge in [0.15, 0.2) is 11.5 Å². The molecule has 0 radical (unpaired) electrons. The molecule has 6 nitrogen and oxygen atoms in total. The highest BCUT2D eigenvalue weighted by Crippen LogP contribution is 2.46. The van der Waals surface area contributed by atoms with Crippen LogP contribution in [0.5, 0.6) is 11.5 Å². The average Bonchev–Trinajstić information content (AvgIpc) is 3.33. The number of nitrogens with zero attached hydrogens (tertiary/aromatic N) is 1. The Balaban J connectivity index is 1.30. The van der Waals surface area contributed by atoms with Gasteiger partial charge in [0.1, 0.15) is 0 Å². The lowest BCUT2D eigenvalue weighted by molar-refractivity contribution is -0.118. The molecule has 0 unspecified atom stereocenters. The summed E-state index contributed by atoms with van der Waals surface area (Å²) in [4.78, 5) is 26.7. The summed E-state index contributed by atoms with van der Waals surface area (Å²) in [7, 11) is 0. The molecule has 1 saturated carbocycles. The van der Waals surface area contributed by atoms with Gasteiger partial charge in [-0.2, -0.15) is 0 Å². The number of nitrogens with one attached hydrogen (secondary N) is 1. The van der Waals surface area contributed by atoms with Crippen molar-refractivity contribution in [2.45, 2.75) is 57.7 Å². The second kappa shape index (κ2) is 7.35. The summed E-state index contributed by atoms with van der Waals surface area (Å²) in [6, 6.07) is 11.1. The first kappa shape index (κ1) is 19.0. The van der Waals surface area contributed by atoms with E-state index in [0.29, 0.717) is 30.0 Å². The van der Waals surface area contributed by atoms with Crippen LogP contribution in [-0.4, -0.2) is 24.1 Å². The minimum atomic E-state index is -0.523. The fraction of sp³-hybridized carbons (Fsp3) is 0.417. The van der Waals surface area contributed by atoms with Crippen LogP contribution in [-0.2, 0) is 11.2 Å². The van der Waals surface area contributed by atoms with Crippen LogP contribution < -0.4 is 19.7 Å². The van der Waals surface area contributed by atoms with E-state index in [1.54, 1.807) is 11.0 Å². The summed E-state index contributed by atoms with van der Waals surface area (Å²) in [6.07, 6.45) is 6.49. The molecule has 2 aromatic carbocycles. The first-order chi connectivity index (χ1) is 14.6. The number of benzene rings is 2. The monoisotopic (exact) mass is 406 g/mol. The first-order valence-electron chi connectivity index (χ1n) is 10.8. The smallest absolute Gasteiger partial charge is 0.255 e. The van der Waals surface area contributed by atoms with E-state index in [2.05, 4.69) is 5.32 Å². The van der Waals surface area contributed by atoms with Crippen molar-refractivity contribution in [3.05, 3.63) is 47.5 Å². The maximum absolute atomic E-state index is 12.8. The summed E-state index contributed by atoms with van der Waals surface area (Å²) in [5, 5.41) is 2.96. The lowest BCUT2D eigenvalue weighted by atomic mass is 9.94. The van der Waals surface area contributed by atoms with Gasteiger partial charge in [-0.15, -0.1) is 0 Å². The molecule has 2 aliphatic heterocycles. The van der Waals surface area contributed by atoms with Gasteiger partial charge in [-0.25, -0.2) is 0 Å². The second-order valence-corrected chi connectivity index (χ2v) is 8.28. The molecular weight excluding hydrogens is 380 g/mol. The topological polar surface area (TPSA) is 67.9 Å². The van der Waals surface area contributed by atoms with E-state index in [1.165, 1.54) is 6.42 Å². The standard InChI is InChI=1S/C24H26N2O4/c1-2-22(27)26-13-10-16-14-17(6-8-19(16)26)23(28)25-18-7-9-20-21(15-18)30-24(29-20)11-4-3-5-12-24/h6-9,14-15H,2-5,10-13H2,1H3,(H,25,28). The van der Waals surface area contributed by atoms with Crippen molar-refractivity contribution in [3.8, 4) is 11.5 Å². The first-order valence-corrected chi connectivity index (χ1v) is 10.8. The Morgan fingerprint density at radius 2 is 1.83 bits per heavy atom. The van der Waals surface area contributed by atoms with Gasteiger partial charge in [0.25, 0.3) is 11.7 Å². The molecule has 2 heterocycles. The van der Waals surface area contributed by atoms with Crippen LogP contribution in [0.1, 0.15) is 61.4 Å². The van der Waals surface area contributed by atoms with Crippen molar-refractivity contribution in [3.63, 3.8) is 0 Å². The number of ether oxygens (including phenoxy) is 2. The predicted molar refractivity (Wildman–Crippen MR) is 114 cm³/mol. The van der Waals surface area contributed by atoms with E-state index >= 15 is 0 Å². The molecule has 30 heavy (non-hydrogen) atoms. The van der Waals surface area contributed by atoms with E-state index in [0.717, 1.165) is 49.1 Å². The largest absolute Gasteiger partial charge is 0.448 e. The molecule has 0 aromatic heterocycles. The Morgan fingerprint density at radius 1 is 1.03 bits per heavy atom. The van der Waals surface area contributed by atoms with Crippen molar-refractivity contribution in [1.82, 2.24) is 0 Å². The molecule has 156 valence electrons. The van der Waals surface area contributed by atoms with Crippen LogP contribution >= 0.6 is 0 Å². The summed E-state index contributed by atoms with van der Waals surface area (Å²) in [6.45, 7) is 2.54. The van der Waals surface area contributed by atoms with Crippen LogP contribution in [0.25, 0.3) is 0 Å². The molecule has 5 rings (SSSR count). The van der Waals surface area contributed by atoms with Gasteiger partial charge >= 0.3 is 0 Å². The normalized spacial score (nSPS) is 18.4. The van der Waals surface area contributed by atoms with E-state index in [1.807, 2.05) is 37.3 Å². The molecule has 1 aliphatic carbocycles. The highest BCUT2D eigenvalue weighted by molar-refractivity contribution is 6.05. The van der Waals surface area contributed by atoms with E-state index in [-0.39, 0.29) is 11.8 Å². The number of hydrogen-bond donors (Lipinski definition) is 1. The number of rotatable bonds is 3. The molecule has 6 heteroatoms. The van der Waals surface area contributed by atoms with E-state index < -0.39 is 5.79 Å². The van der Waals surface area contributed by atoms with E-state index in [4.69, 9.17) is 9.47 Å². The molecule has 2 aromatic rings. The lowest BCUT2D eigenvalue weighted by Gasteiger charge is -2.31. The van der Waals surface area contributed by atoms with Gasteiger partial charge in [0.05, 0.1) is 0 Å². The van der Waals surface area contributed by atoms with Gasteiger partial charge in [-0.1, -0.05) is 13.3 Å². The molecular formula is C24H26N2O4. The number of amides is 2. The summed E-state index contributed by atoms with van der Waals surface area (Å²) >= 11 is 0. The third-order valence-electron chi connectivity index (χ3n) is 6.25. The average molecular weight is 406 g/mol. The van der Waals surface area contributed by atoms with Gasteiger partial charge in [0.2, 0.25) is 5.91 Å². The minimum Gasteiger partial charge on any atom is -0.448 e. The Kier molecular flexibility index (Phi) is 4.65. The zero-order chi connectivity index (χ0) is 20.7. The molecule has 1 spiro atoms. The van der Waals surface area contributed by atoms with Crippen LogP contribution in [0, 0.1) is 0 Å². The zero-order valence-corrected chi connectivity index (χ0v) is 17.2. The third kappa shape index (κ3) is 3.30. The Bertz CT molecular complexity index is 1010. The molecule has 0 atom stereocenters. The third-order valence-corrected chi connectivity index (χ3v) is 6.25.